The molecule has 1 fully saturated rings. The van der Waals surface area contributed by atoms with E-state index in [2.05, 4.69) is 25.2 Å². The van der Waals surface area contributed by atoms with E-state index in [4.69, 9.17) is 34.8 Å². The van der Waals surface area contributed by atoms with Crippen molar-refractivity contribution in [2.75, 3.05) is 18.0 Å². The number of anilines is 1. The Kier molecular flexibility index (Phi) is 4.73. The SMILES string of the molecule is Clc1ccc(CN[C@@H]2CCN(c3nc4nc(Cl)ccc4[nH]3)C2)c(Cl)c1. The summed E-state index contributed by atoms with van der Waals surface area (Å²) in [6.45, 7) is 2.52. The number of halogens is 3. The van der Waals surface area contributed by atoms with Gasteiger partial charge >= 0.3 is 0 Å². The van der Waals surface area contributed by atoms with E-state index in [1.807, 2.05) is 18.2 Å². The molecule has 2 aromatic heterocycles. The minimum absolute atomic E-state index is 0.372. The quantitative estimate of drug-likeness (QED) is 0.646. The predicted octanol–water partition coefficient (Wildman–Crippen LogP) is 4.29. The Balaban J connectivity index is 1.40. The van der Waals surface area contributed by atoms with Gasteiger partial charge in [-0.05, 0) is 36.2 Å². The van der Waals surface area contributed by atoms with Gasteiger partial charge in [0, 0.05) is 35.7 Å². The summed E-state index contributed by atoms with van der Waals surface area (Å²) in [6.07, 6.45) is 1.04. The zero-order valence-electron chi connectivity index (χ0n) is 13.3. The molecule has 2 N–H and O–H groups in total. The average molecular weight is 397 g/mol. The number of rotatable bonds is 4. The highest BCUT2D eigenvalue weighted by Crippen LogP contribution is 2.23. The normalized spacial score (nSPS) is 17.6. The monoisotopic (exact) mass is 395 g/mol. The zero-order chi connectivity index (χ0) is 17.4. The second-order valence-corrected chi connectivity index (χ2v) is 7.34. The lowest BCUT2D eigenvalue weighted by atomic mass is 10.2. The summed E-state index contributed by atoms with van der Waals surface area (Å²) in [5, 5.41) is 5.35. The molecule has 1 aliphatic rings. The number of imidazole rings is 1. The van der Waals surface area contributed by atoms with Crippen LogP contribution >= 0.6 is 34.8 Å². The third kappa shape index (κ3) is 3.70. The molecule has 0 radical (unpaired) electrons. The van der Waals surface area contributed by atoms with Crippen LogP contribution < -0.4 is 10.2 Å². The maximum Gasteiger partial charge on any atom is 0.205 e. The first kappa shape index (κ1) is 16.9. The second-order valence-electron chi connectivity index (χ2n) is 6.11. The van der Waals surface area contributed by atoms with E-state index in [1.54, 1.807) is 12.1 Å². The number of H-pyrrole nitrogens is 1. The van der Waals surface area contributed by atoms with Gasteiger partial charge < -0.3 is 15.2 Å². The topological polar surface area (TPSA) is 56.8 Å². The Bertz CT molecular complexity index is 910. The van der Waals surface area contributed by atoms with Crippen molar-refractivity contribution in [1.82, 2.24) is 20.3 Å². The largest absolute Gasteiger partial charge is 0.341 e. The first-order valence-corrected chi connectivity index (χ1v) is 9.16. The summed E-state index contributed by atoms with van der Waals surface area (Å²) in [5.74, 6) is 0.832. The number of fused-ring (bicyclic) bond motifs is 1. The molecule has 0 spiro atoms. The maximum atomic E-state index is 6.23. The highest BCUT2D eigenvalue weighted by atomic mass is 35.5. The van der Waals surface area contributed by atoms with E-state index in [1.165, 1.54) is 0 Å². The molecule has 4 rings (SSSR count). The number of hydrogen-bond acceptors (Lipinski definition) is 4. The van der Waals surface area contributed by atoms with Crippen molar-refractivity contribution in [3.8, 4) is 0 Å². The number of aromatic nitrogens is 3. The van der Waals surface area contributed by atoms with Crippen LogP contribution in [0.3, 0.4) is 0 Å². The van der Waals surface area contributed by atoms with Gasteiger partial charge in [-0.1, -0.05) is 40.9 Å². The molecule has 130 valence electrons. The van der Waals surface area contributed by atoms with E-state index < -0.39 is 0 Å². The second kappa shape index (κ2) is 7.00. The number of hydrogen-bond donors (Lipinski definition) is 2. The molecule has 0 amide bonds. The van der Waals surface area contributed by atoms with E-state index in [0.29, 0.717) is 33.4 Å². The van der Waals surface area contributed by atoms with Crippen LogP contribution in [0.25, 0.3) is 11.2 Å². The molecule has 3 heterocycles. The number of benzene rings is 1. The molecule has 8 heteroatoms. The number of aromatic amines is 1. The lowest BCUT2D eigenvalue weighted by Gasteiger charge is -2.16. The summed E-state index contributed by atoms with van der Waals surface area (Å²) >= 11 is 18.1. The Morgan fingerprint density at radius 1 is 1.16 bits per heavy atom. The summed E-state index contributed by atoms with van der Waals surface area (Å²) in [4.78, 5) is 14.3. The van der Waals surface area contributed by atoms with Gasteiger partial charge in [-0.3, -0.25) is 0 Å². The highest BCUT2D eigenvalue weighted by molar-refractivity contribution is 6.35. The number of nitrogens with one attached hydrogen (secondary N) is 2. The van der Waals surface area contributed by atoms with Crippen molar-refractivity contribution in [2.45, 2.75) is 19.0 Å². The molecule has 0 saturated carbocycles. The molecule has 1 aliphatic heterocycles. The van der Waals surface area contributed by atoms with Gasteiger partial charge in [0.25, 0.3) is 0 Å². The van der Waals surface area contributed by atoms with Crippen molar-refractivity contribution in [2.24, 2.45) is 0 Å². The van der Waals surface area contributed by atoms with Crippen LogP contribution in [0.15, 0.2) is 30.3 Å². The van der Waals surface area contributed by atoms with Crippen LogP contribution in [-0.2, 0) is 6.54 Å². The Morgan fingerprint density at radius 2 is 2.04 bits per heavy atom. The summed E-state index contributed by atoms with van der Waals surface area (Å²) in [5.41, 5.74) is 2.59. The van der Waals surface area contributed by atoms with Crippen LogP contribution in [0.2, 0.25) is 15.2 Å². The average Bonchev–Trinajstić information content (AvgIpc) is 3.20. The lowest BCUT2D eigenvalue weighted by molar-refractivity contribution is 0.551. The molecule has 25 heavy (non-hydrogen) atoms. The third-order valence-electron chi connectivity index (χ3n) is 4.38. The van der Waals surface area contributed by atoms with Crippen LogP contribution in [0.5, 0.6) is 0 Å². The fraction of sp³-hybridized carbons (Fsp3) is 0.294. The number of pyridine rings is 1. The zero-order valence-corrected chi connectivity index (χ0v) is 15.5. The molecule has 1 saturated heterocycles. The van der Waals surface area contributed by atoms with E-state index >= 15 is 0 Å². The molecular formula is C17H16Cl3N5. The minimum Gasteiger partial charge on any atom is -0.341 e. The molecule has 0 unspecified atom stereocenters. The summed E-state index contributed by atoms with van der Waals surface area (Å²) in [6, 6.07) is 9.62. The molecule has 1 aromatic carbocycles. The van der Waals surface area contributed by atoms with Gasteiger partial charge in [-0.15, -0.1) is 0 Å². The van der Waals surface area contributed by atoms with E-state index in [0.717, 1.165) is 36.5 Å². The van der Waals surface area contributed by atoms with Crippen molar-refractivity contribution in [3.63, 3.8) is 0 Å². The lowest BCUT2D eigenvalue weighted by Crippen LogP contribution is -2.32. The van der Waals surface area contributed by atoms with Gasteiger partial charge in [-0.2, -0.15) is 4.98 Å². The third-order valence-corrected chi connectivity index (χ3v) is 5.18. The summed E-state index contributed by atoms with van der Waals surface area (Å²) < 4.78 is 0. The van der Waals surface area contributed by atoms with Gasteiger partial charge in [0.05, 0.1) is 5.52 Å². The maximum absolute atomic E-state index is 6.23. The molecule has 5 nitrogen and oxygen atoms in total. The van der Waals surface area contributed by atoms with Crippen molar-refractivity contribution in [3.05, 3.63) is 51.1 Å². The van der Waals surface area contributed by atoms with Gasteiger partial charge in [0.15, 0.2) is 5.65 Å². The summed E-state index contributed by atoms with van der Waals surface area (Å²) in [7, 11) is 0. The standard InChI is InChI=1S/C17H16Cl3N5/c18-11-2-1-10(13(19)7-11)8-21-12-5-6-25(9-12)17-22-14-3-4-15(20)23-16(14)24-17/h1-4,7,12,21H,5-6,8-9H2,(H,22,23,24)/t12-/m1/s1. The van der Waals surface area contributed by atoms with Crippen LogP contribution in [0, 0.1) is 0 Å². The molecular weight excluding hydrogens is 381 g/mol. The van der Waals surface area contributed by atoms with E-state index in [-0.39, 0.29) is 0 Å². The fourth-order valence-electron chi connectivity index (χ4n) is 3.05. The van der Waals surface area contributed by atoms with Gasteiger partial charge in [0.2, 0.25) is 5.95 Å². The van der Waals surface area contributed by atoms with Gasteiger partial charge in [-0.25, -0.2) is 4.98 Å². The smallest absolute Gasteiger partial charge is 0.205 e. The Labute approximate surface area is 160 Å². The number of nitrogens with zero attached hydrogens (tertiary/aromatic N) is 3. The highest BCUT2D eigenvalue weighted by Gasteiger charge is 2.24. The Morgan fingerprint density at radius 3 is 2.88 bits per heavy atom. The predicted molar refractivity (Wildman–Crippen MR) is 103 cm³/mol. The van der Waals surface area contributed by atoms with Crippen LogP contribution in [0.1, 0.15) is 12.0 Å². The first-order chi connectivity index (χ1) is 12.1. The fourth-order valence-corrected chi connectivity index (χ4v) is 3.66. The Hall–Kier alpha value is -1.53. The minimum atomic E-state index is 0.372. The molecule has 3 aromatic rings. The molecule has 0 bridgehead atoms. The first-order valence-electron chi connectivity index (χ1n) is 8.03. The van der Waals surface area contributed by atoms with Crippen molar-refractivity contribution in [1.29, 1.82) is 0 Å². The van der Waals surface area contributed by atoms with Crippen LogP contribution in [0.4, 0.5) is 5.95 Å². The van der Waals surface area contributed by atoms with Crippen molar-refractivity contribution >= 4 is 51.9 Å². The van der Waals surface area contributed by atoms with Crippen LogP contribution in [-0.4, -0.2) is 34.1 Å². The van der Waals surface area contributed by atoms with Gasteiger partial charge in [0.1, 0.15) is 5.15 Å². The van der Waals surface area contributed by atoms with Crippen molar-refractivity contribution < 1.29 is 0 Å². The molecule has 1 atom stereocenters. The van der Waals surface area contributed by atoms with E-state index in [9.17, 15) is 0 Å². The molecule has 0 aliphatic carbocycles.